The molecule has 1 aromatic heterocycles. The number of amides is 1. The molecule has 0 bridgehead atoms. The first-order valence-electron chi connectivity index (χ1n) is 8.00. The number of pyridine rings is 1. The molecule has 1 saturated heterocycles. The van der Waals surface area contributed by atoms with Gasteiger partial charge in [0.1, 0.15) is 11.3 Å². The minimum absolute atomic E-state index is 0.139. The molecule has 140 valence electrons. The Morgan fingerprint density at radius 2 is 1.84 bits per heavy atom. The number of hydrogen-bond donors (Lipinski definition) is 1. The topological polar surface area (TPSA) is 54.5 Å². The number of aromatic nitrogens is 1. The molecule has 2 heterocycles. The SMILES string of the molecule is CC(C)(C)OC(=O)NCC1CCCN(c2c(F)c(F)nc(F)c2F)C1. The van der Waals surface area contributed by atoms with Crippen molar-refractivity contribution in [2.75, 3.05) is 24.5 Å². The van der Waals surface area contributed by atoms with Gasteiger partial charge >= 0.3 is 6.09 Å². The number of alkyl carbamates (subject to hydrolysis) is 1. The second-order valence-corrected chi connectivity index (χ2v) is 7.01. The molecule has 0 spiro atoms. The van der Waals surface area contributed by atoms with E-state index in [9.17, 15) is 22.4 Å². The lowest BCUT2D eigenvalue weighted by Crippen LogP contribution is -2.43. The molecule has 1 aliphatic heterocycles. The number of carbonyl (C=O) groups is 1. The molecule has 0 aromatic carbocycles. The van der Waals surface area contributed by atoms with Gasteiger partial charge in [-0.05, 0) is 39.5 Å². The highest BCUT2D eigenvalue weighted by molar-refractivity contribution is 5.67. The maximum atomic E-state index is 13.9. The van der Waals surface area contributed by atoms with Crippen molar-refractivity contribution >= 4 is 11.8 Å². The fourth-order valence-corrected chi connectivity index (χ4v) is 2.73. The summed E-state index contributed by atoms with van der Waals surface area (Å²) in [6.45, 7) is 5.81. The van der Waals surface area contributed by atoms with Gasteiger partial charge in [-0.3, -0.25) is 0 Å². The van der Waals surface area contributed by atoms with E-state index < -0.39 is 40.9 Å². The van der Waals surface area contributed by atoms with Crippen LogP contribution < -0.4 is 10.2 Å². The number of nitrogens with one attached hydrogen (secondary N) is 1. The molecule has 1 N–H and O–H groups in total. The van der Waals surface area contributed by atoms with Crippen LogP contribution in [0.4, 0.5) is 28.0 Å². The number of halogens is 4. The fraction of sp³-hybridized carbons (Fsp3) is 0.625. The molecule has 1 fully saturated rings. The van der Waals surface area contributed by atoms with Gasteiger partial charge in [-0.15, -0.1) is 0 Å². The summed E-state index contributed by atoms with van der Waals surface area (Å²) in [7, 11) is 0. The Balaban J connectivity index is 2.03. The first kappa shape index (κ1) is 19.3. The molecule has 1 unspecified atom stereocenters. The Morgan fingerprint density at radius 1 is 1.24 bits per heavy atom. The molecular formula is C16H21F4N3O2. The second kappa shape index (κ2) is 7.45. The van der Waals surface area contributed by atoms with Crippen LogP contribution in [0.1, 0.15) is 33.6 Å². The van der Waals surface area contributed by atoms with Crippen LogP contribution in [0.5, 0.6) is 0 Å². The molecular weight excluding hydrogens is 342 g/mol. The maximum Gasteiger partial charge on any atom is 0.407 e. The summed E-state index contributed by atoms with van der Waals surface area (Å²) in [5.74, 6) is -6.52. The number of carbonyl (C=O) groups excluding carboxylic acids is 1. The average molecular weight is 363 g/mol. The minimum atomic E-state index is -1.68. The van der Waals surface area contributed by atoms with Gasteiger partial charge in [-0.25, -0.2) is 4.79 Å². The monoisotopic (exact) mass is 363 g/mol. The average Bonchev–Trinajstić information content (AvgIpc) is 2.50. The zero-order chi connectivity index (χ0) is 18.8. The standard InChI is InChI=1S/C16H21F4N3O2/c1-16(2,3)25-15(24)21-7-9-5-4-6-23(8-9)12-10(17)13(19)22-14(20)11(12)18/h9H,4-8H2,1-3H3,(H,21,24). The van der Waals surface area contributed by atoms with Gasteiger partial charge in [0.15, 0.2) is 0 Å². The summed E-state index contributed by atoms with van der Waals surface area (Å²) in [6.07, 6.45) is 0.666. The third-order valence-electron chi connectivity index (χ3n) is 3.74. The largest absolute Gasteiger partial charge is 0.444 e. The molecule has 1 atom stereocenters. The van der Waals surface area contributed by atoms with Crippen LogP contribution in [-0.2, 0) is 4.74 Å². The maximum absolute atomic E-state index is 13.9. The molecule has 5 nitrogen and oxygen atoms in total. The molecule has 1 aliphatic rings. The smallest absolute Gasteiger partial charge is 0.407 e. The lowest BCUT2D eigenvalue weighted by Gasteiger charge is -2.34. The van der Waals surface area contributed by atoms with Crippen molar-refractivity contribution in [1.29, 1.82) is 0 Å². The first-order chi connectivity index (χ1) is 11.6. The quantitative estimate of drug-likeness (QED) is 0.661. The van der Waals surface area contributed by atoms with Crippen molar-refractivity contribution in [3.63, 3.8) is 0 Å². The van der Waals surface area contributed by atoms with Crippen molar-refractivity contribution in [3.05, 3.63) is 23.5 Å². The van der Waals surface area contributed by atoms with Gasteiger partial charge in [0.25, 0.3) is 11.9 Å². The molecule has 25 heavy (non-hydrogen) atoms. The van der Waals surface area contributed by atoms with E-state index in [0.29, 0.717) is 12.8 Å². The van der Waals surface area contributed by atoms with Crippen molar-refractivity contribution in [2.45, 2.75) is 39.2 Å². The number of ether oxygens (including phenoxy) is 1. The van der Waals surface area contributed by atoms with Gasteiger partial charge in [0.05, 0.1) is 0 Å². The molecule has 1 aromatic rings. The predicted octanol–water partition coefficient (Wildman–Crippen LogP) is 3.38. The van der Waals surface area contributed by atoms with Crippen LogP contribution in [0.3, 0.4) is 0 Å². The lowest BCUT2D eigenvalue weighted by molar-refractivity contribution is 0.0517. The van der Waals surface area contributed by atoms with Crippen molar-refractivity contribution < 1.29 is 27.1 Å². The van der Waals surface area contributed by atoms with E-state index in [1.807, 2.05) is 0 Å². The number of anilines is 1. The van der Waals surface area contributed by atoms with Crippen LogP contribution in [0, 0.1) is 29.4 Å². The van der Waals surface area contributed by atoms with E-state index >= 15 is 0 Å². The van der Waals surface area contributed by atoms with Crippen LogP contribution >= 0.6 is 0 Å². The molecule has 0 radical (unpaired) electrons. The van der Waals surface area contributed by atoms with E-state index in [1.54, 1.807) is 20.8 Å². The zero-order valence-corrected chi connectivity index (χ0v) is 14.3. The Bertz CT molecular complexity index is 623. The summed E-state index contributed by atoms with van der Waals surface area (Å²) in [6, 6.07) is 0. The van der Waals surface area contributed by atoms with Gasteiger partial charge in [0, 0.05) is 19.6 Å². The van der Waals surface area contributed by atoms with E-state index in [2.05, 4.69) is 10.3 Å². The molecule has 2 rings (SSSR count). The van der Waals surface area contributed by atoms with Crippen LogP contribution in [0.15, 0.2) is 0 Å². The predicted molar refractivity (Wildman–Crippen MR) is 83.2 cm³/mol. The summed E-state index contributed by atoms with van der Waals surface area (Å²) >= 11 is 0. The molecule has 9 heteroatoms. The van der Waals surface area contributed by atoms with Gasteiger partial charge in [-0.2, -0.15) is 22.5 Å². The third-order valence-corrected chi connectivity index (χ3v) is 3.74. The molecule has 0 aliphatic carbocycles. The molecule has 0 saturated carbocycles. The molecule has 1 amide bonds. The van der Waals surface area contributed by atoms with Crippen molar-refractivity contribution in [3.8, 4) is 0 Å². The number of rotatable bonds is 3. The number of hydrogen-bond acceptors (Lipinski definition) is 4. The number of piperidine rings is 1. The highest BCUT2D eigenvalue weighted by atomic mass is 19.2. The second-order valence-electron chi connectivity index (χ2n) is 7.01. The summed E-state index contributed by atoms with van der Waals surface area (Å²) in [4.78, 5) is 15.5. The van der Waals surface area contributed by atoms with Crippen LogP contribution in [-0.4, -0.2) is 36.3 Å². The fourth-order valence-electron chi connectivity index (χ4n) is 2.73. The summed E-state index contributed by atoms with van der Waals surface area (Å²) in [5, 5.41) is 2.60. The number of nitrogens with zero attached hydrogens (tertiary/aromatic N) is 2. The highest BCUT2D eigenvalue weighted by Crippen LogP contribution is 2.30. The summed E-state index contributed by atoms with van der Waals surface area (Å²) in [5.41, 5.74) is -1.40. The van der Waals surface area contributed by atoms with E-state index in [-0.39, 0.29) is 25.6 Å². The van der Waals surface area contributed by atoms with Gasteiger partial charge < -0.3 is 15.0 Å². The van der Waals surface area contributed by atoms with Crippen molar-refractivity contribution in [2.24, 2.45) is 5.92 Å². The van der Waals surface area contributed by atoms with E-state index in [0.717, 1.165) is 0 Å². The van der Waals surface area contributed by atoms with Gasteiger partial charge in [0.2, 0.25) is 11.6 Å². The Kier molecular flexibility index (Phi) is 5.74. The normalized spacial score (nSPS) is 18.2. The Labute approximate surface area is 143 Å². The van der Waals surface area contributed by atoms with E-state index in [1.165, 1.54) is 4.90 Å². The Hall–Kier alpha value is -2.06. The van der Waals surface area contributed by atoms with E-state index in [4.69, 9.17) is 4.74 Å². The first-order valence-corrected chi connectivity index (χ1v) is 8.00. The third kappa shape index (κ3) is 4.96. The summed E-state index contributed by atoms with van der Waals surface area (Å²) < 4.78 is 59.5. The highest BCUT2D eigenvalue weighted by Gasteiger charge is 2.29. The van der Waals surface area contributed by atoms with Crippen molar-refractivity contribution in [1.82, 2.24) is 10.3 Å². The van der Waals surface area contributed by atoms with Crippen LogP contribution in [0.25, 0.3) is 0 Å². The Morgan fingerprint density at radius 3 is 2.40 bits per heavy atom. The van der Waals surface area contributed by atoms with Gasteiger partial charge in [-0.1, -0.05) is 0 Å². The van der Waals surface area contributed by atoms with Crippen LogP contribution in [0.2, 0.25) is 0 Å². The lowest BCUT2D eigenvalue weighted by atomic mass is 9.97. The minimum Gasteiger partial charge on any atom is -0.444 e. The zero-order valence-electron chi connectivity index (χ0n) is 14.3.